The van der Waals surface area contributed by atoms with E-state index < -0.39 is 0 Å². The van der Waals surface area contributed by atoms with Gasteiger partial charge in [0.2, 0.25) is 5.91 Å². The van der Waals surface area contributed by atoms with Gasteiger partial charge < -0.3 is 10.2 Å². The van der Waals surface area contributed by atoms with Crippen LogP contribution in [0.4, 0.5) is 11.5 Å². The van der Waals surface area contributed by atoms with Crippen LogP contribution in [0.1, 0.15) is 27.2 Å². The number of anilines is 2. The van der Waals surface area contributed by atoms with Gasteiger partial charge in [0.1, 0.15) is 0 Å². The van der Waals surface area contributed by atoms with Crippen molar-refractivity contribution in [3.05, 3.63) is 18.3 Å². The highest BCUT2D eigenvalue weighted by atomic mass is 16.1. The lowest BCUT2D eigenvalue weighted by molar-refractivity contribution is -0.116. The van der Waals surface area contributed by atoms with Gasteiger partial charge in [-0.2, -0.15) is 0 Å². The molecule has 1 aliphatic heterocycles. The van der Waals surface area contributed by atoms with Crippen LogP contribution in [0.3, 0.4) is 0 Å². The van der Waals surface area contributed by atoms with Crippen LogP contribution in [0.5, 0.6) is 0 Å². The Labute approximate surface area is 95.7 Å². The molecule has 1 N–H and O–H groups in total. The van der Waals surface area contributed by atoms with E-state index in [-0.39, 0.29) is 11.4 Å². The minimum absolute atomic E-state index is 0.0323. The number of amides is 1. The van der Waals surface area contributed by atoms with Gasteiger partial charge in [-0.3, -0.25) is 4.79 Å². The lowest BCUT2D eigenvalue weighted by atomic mass is 10.1. The molecule has 0 saturated carbocycles. The van der Waals surface area contributed by atoms with E-state index >= 15 is 0 Å². The third kappa shape index (κ3) is 2.01. The molecule has 4 heteroatoms. The fraction of sp³-hybridized carbons (Fsp3) is 0.500. The van der Waals surface area contributed by atoms with Crippen molar-refractivity contribution >= 4 is 17.4 Å². The summed E-state index contributed by atoms with van der Waals surface area (Å²) >= 11 is 0. The number of hydrogen-bond donors (Lipinski definition) is 1. The molecule has 0 aliphatic carbocycles. The van der Waals surface area contributed by atoms with E-state index in [1.165, 1.54) is 0 Å². The van der Waals surface area contributed by atoms with E-state index in [1.54, 1.807) is 6.20 Å². The third-order valence-electron chi connectivity index (χ3n) is 2.69. The zero-order chi connectivity index (χ0) is 11.8. The van der Waals surface area contributed by atoms with Crippen LogP contribution in [0, 0.1) is 0 Å². The van der Waals surface area contributed by atoms with Gasteiger partial charge in [-0.05, 0) is 32.9 Å². The molecule has 0 atom stereocenters. The van der Waals surface area contributed by atoms with Crippen LogP contribution in [-0.2, 0) is 4.79 Å². The summed E-state index contributed by atoms with van der Waals surface area (Å²) in [5.74, 6) is 0.918. The number of fused-ring (bicyclic) bond motifs is 1. The molecule has 16 heavy (non-hydrogen) atoms. The van der Waals surface area contributed by atoms with E-state index in [0.29, 0.717) is 13.0 Å². The zero-order valence-electron chi connectivity index (χ0n) is 9.95. The van der Waals surface area contributed by atoms with Gasteiger partial charge in [-0.25, -0.2) is 4.98 Å². The molecule has 0 radical (unpaired) electrons. The monoisotopic (exact) mass is 219 g/mol. The summed E-state index contributed by atoms with van der Waals surface area (Å²) in [6.45, 7) is 7.09. The highest BCUT2D eigenvalue weighted by Gasteiger charge is 2.28. The number of nitrogens with one attached hydrogen (secondary N) is 1. The number of hydrogen-bond acceptors (Lipinski definition) is 3. The molecule has 0 aromatic carbocycles. The maximum Gasteiger partial charge on any atom is 0.226 e. The van der Waals surface area contributed by atoms with E-state index in [2.05, 4.69) is 36.0 Å². The fourth-order valence-electron chi connectivity index (χ4n) is 1.89. The minimum atomic E-state index is -0.0323. The molecule has 0 bridgehead atoms. The van der Waals surface area contributed by atoms with E-state index in [4.69, 9.17) is 0 Å². The fourth-order valence-corrected chi connectivity index (χ4v) is 1.89. The first-order valence-electron chi connectivity index (χ1n) is 5.51. The number of pyridine rings is 1. The van der Waals surface area contributed by atoms with Crippen molar-refractivity contribution in [3.8, 4) is 0 Å². The highest BCUT2D eigenvalue weighted by molar-refractivity contribution is 5.95. The third-order valence-corrected chi connectivity index (χ3v) is 2.69. The number of nitrogens with zero attached hydrogens (tertiary/aromatic N) is 2. The van der Waals surface area contributed by atoms with Gasteiger partial charge in [-0.15, -0.1) is 0 Å². The zero-order valence-corrected chi connectivity index (χ0v) is 9.95. The summed E-state index contributed by atoms with van der Waals surface area (Å²) in [6.07, 6.45) is 2.27. The maximum absolute atomic E-state index is 11.6. The van der Waals surface area contributed by atoms with Crippen molar-refractivity contribution in [2.75, 3.05) is 16.8 Å². The molecule has 2 heterocycles. The van der Waals surface area contributed by atoms with Crippen LogP contribution in [0.15, 0.2) is 18.3 Å². The van der Waals surface area contributed by atoms with Crippen LogP contribution in [-0.4, -0.2) is 23.0 Å². The van der Waals surface area contributed by atoms with Gasteiger partial charge in [0, 0.05) is 24.7 Å². The molecule has 2 rings (SSSR count). The molecule has 0 unspecified atom stereocenters. The molecule has 1 aromatic heterocycles. The van der Waals surface area contributed by atoms with Gasteiger partial charge in [0.05, 0.1) is 5.69 Å². The van der Waals surface area contributed by atoms with Gasteiger partial charge in [0.15, 0.2) is 5.82 Å². The smallest absolute Gasteiger partial charge is 0.226 e. The molecule has 0 spiro atoms. The summed E-state index contributed by atoms with van der Waals surface area (Å²) in [7, 11) is 0. The Balaban J connectivity index is 2.46. The van der Waals surface area contributed by atoms with Crippen molar-refractivity contribution in [1.82, 2.24) is 4.98 Å². The predicted octanol–water partition coefficient (Wildman–Crippen LogP) is 2.03. The van der Waals surface area contributed by atoms with Crippen molar-refractivity contribution < 1.29 is 4.79 Å². The molecule has 1 aliphatic rings. The molecular formula is C12H17N3O. The van der Waals surface area contributed by atoms with E-state index in [0.717, 1.165) is 11.5 Å². The summed E-state index contributed by atoms with van der Waals surface area (Å²) < 4.78 is 0. The molecule has 86 valence electrons. The Hall–Kier alpha value is -1.58. The summed E-state index contributed by atoms with van der Waals surface area (Å²) in [4.78, 5) is 18.1. The van der Waals surface area contributed by atoms with Crippen LogP contribution >= 0.6 is 0 Å². The number of rotatable bonds is 0. The first-order valence-corrected chi connectivity index (χ1v) is 5.51. The van der Waals surface area contributed by atoms with Crippen molar-refractivity contribution in [2.45, 2.75) is 32.7 Å². The molecular weight excluding hydrogens is 202 g/mol. The van der Waals surface area contributed by atoms with Crippen molar-refractivity contribution in [3.63, 3.8) is 0 Å². The molecule has 0 saturated heterocycles. The maximum atomic E-state index is 11.6. The molecule has 4 nitrogen and oxygen atoms in total. The van der Waals surface area contributed by atoms with Crippen LogP contribution in [0.2, 0.25) is 0 Å². The Morgan fingerprint density at radius 2 is 2.19 bits per heavy atom. The average molecular weight is 219 g/mol. The van der Waals surface area contributed by atoms with Crippen molar-refractivity contribution in [1.29, 1.82) is 0 Å². The highest BCUT2D eigenvalue weighted by Crippen LogP contribution is 2.30. The van der Waals surface area contributed by atoms with Crippen molar-refractivity contribution in [2.24, 2.45) is 0 Å². The summed E-state index contributed by atoms with van der Waals surface area (Å²) in [6, 6.07) is 3.73. The Morgan fingerprint density at radius 3 is 2.88 bits per heavy atom. The standard InChI is InChI=1S/C12H17N3O/c1-12(2,3)15-8-6-10(16)14-9-5-4-7-13-11(9)15/h4-5,7H,6,8H2,1-3H3,(H,14,16). The first kappa shape index (κ1) is 10.9. The SMILES string of the molecule is CC(C)(C)N1CCC(=O)Nc2cccnc21. The number of carbonyl (C=O) groups excluding carboxylic acids is 1. The number of aromatic nitrogens is 1. The molecule has 1 aromatic rings. The Kier molecular flexibility index (Phi) is 2.58. The average Bonchev–Trinajstić information content (AvgIpc) is 2.34. The van der Waals surface area contributed by atoms with Gasteiger partial charge >= 0.3 is 0 Å². The van der Waals surface area contributed by atoms with Gasteiger partial charge in [-0.1, -0.05) is 0 Å². The second kappa shape index (κ2) is 3.77. The summed E-state index contributed by atoms with van der Waals surface area (Å²) in [5, 5.41) is 2.88. The summed E-state index contributed by atoms with van der Waals surface area (Å²) in [5.41, 5.74) is 0.773. The predicted molar refractivity (Wildman–Crippen MR) is 64.6 cm³/mol. The van der Waals surface area contributed by atoms with Crippen LogP contribution < -0.4 is 10.2 Å². The second-order valence-corrected chi connectivity index (χ2v) is 5.00. The Morgan fingerprint density at radius 1 is 1.44 bits per heavy atom. The quantitative estimate of drug-likeness (QED) is 0.726. The minimum Gasteiger partial charge on any atom is -0.350 e. The Bertz CT molecular complexity index is 409. The van der Waals surface area contributed by atoms with Gasteiger partial charge in [0.25, 0.3) is 0 Å². The van der Waals surface area contributed by atoms with E-state index in [1.807, 2.05) is 12.1 Å². The van der Waals surface area contributed by atoms with Crippen LogP contribution in [0.25, 0.3) is 0 Å². The topological polar surface area (TPSA) is 45.2 Å². The first-order chi connectivity index (χ1) is 7.48. The number of carbonyl (C=O) groups is 1. The normalized spacial score (nSPS) is 16.4. The molecule has 0 fully saturated rings. The molecule has 1 amide bonds. The largest absolute Gasteiger partial charge is 0.350 e. The lowest BCUT2D eigenvalue weighted by Gasteiger charge is -2.36. The lowest BCUT2D eigenvalue weighted by Crippen LogP contribution is -2.42. The van der Waals surface area contributed by atoms with E-state index in [9.17, 15) is 4.79 Å². The second-order valence-electron chi connectivity index (χ2n) is 5.00.